The van der Waals surface area contributed by atoms with Gasteiger partial charge in [0.05, 0.1) is 26.8 Å². The van der Waals surface area contributed by atoms with Gasteiger partial charge in [0.1, 0.15) is 12.6 Å². The average Bonchev–Trinajstić information content (AvgIpc) is 2.61. The molecule has 0 spiro atoms. The minimum atomic E-state index is 0. The Morgan fingerprint density at radius 3 is 2.40 bits per heavy atom. The van der Waals surface area contributed by atoms with Gasteiger partial charge in [-0.15, -0.1) is 0 Å². The lowest BCUT2D eigenvalue weighted by Crippen LogP contribution is -3.00. The molecule has 20 heavy (non-hydrogen) atoms. The molecule has 2 saturated carbocycles. The van der Waals surface area contributed by atoms with Crippen LogP contribution < -0.4 is 12.4 Å². The summed E-state index contributed by atoms with van der Waals surface area (Å²) in [4.78, 5) is 0. The molecule has 2 aliphatic carbocycles. The Kier molecular flexibility index (Phi) is 5.17. The van der Waals surface area contributed by atoms with Crippen LogP contribution in [0, 0.1) is 28.1 Å². The number of rotatable bonds is 5. The summed E-state index contributed by atoms with van der Waals surface area (Å²) < 4.78 is 6.96. The number of nitriles is 1. The third-order valence-corrected chi connectivity index (χ3v) is 6.23. The van der Waals surface area contributed by atoms with Crippen LogP contribution in [0.25, 0.3) is 0 Å². The first kappa shape index (κ1) is 17.8. The van der Waals surface area contributed by atoms with Gasteiger partial charge in [-0.3, -0.25) is 0 Å². The van der Waals surface area contributed by atoms with Crippen molar-refractivity contribution in [3.8, 4) is 6.07 Å². The first-order valence-electron chi connectivity index (χ1n) is 7.53. The Morgan fingerprint density at radius 1 is 1.30 bits per heavy atom. The molecule has 2 rings (SSSR count). The second-order valence-electron chi connectivity index (χ2n) is 7.95. The molecule has 2 fully saturated rings. The largest absolute Gasteiger partial charge is 1.00 e. The lowest BCUT2D eigenvalue weighted by Gasteiger charge is -2.39. The van der Waals surface area contributed by atoms with E-state index >= 15 is 0 Å². The molecule has 0 aromatic rings. The summed E-state index contributed by atoms with van der Waals surface area (Å²) in [5.41, 5.74) is 0.777. The summed E-state index contributed by atoms with van der Waals surface area (Å²) in [5.74, 6) is 0.837. The van der Waals surface area contributed by atoms with Gasteiger partial charge in [-0.1, -0.05) is 20.8 Å². The Morgan fingerprint density at radius 2 is 1.95 bits per heavy atom. The van der Waals surface area contributed by atoms with E-state index in [9.17, 15) is 0 Å². The molecular formula is C16H29ClN2O. The zero-order valence-electron chi connectivity index (χ0n) is 13.6. The van der Waals surface area contributed by atoms with E-state index in [1.807, 2.05) is 0 Å². The predicted molar refractivity (Wildman–Crippen MR) is 76.4 cm³/mol. The second-order valence-corrected chi connectivity index (χ2v) is 7.95. The zero-order valence-corrected chi connectivity index (χ0v) is 14.3. The van der Waals surface area contributed by atoms with Crippen molar-refractivity contribution in [2.45, 2.75) is 46.1 Å². The fourth-order valence-electron chi connectivity index (χ4n) is 4.09. The normalized spacial score (nSPS) is 34.6. The van der Waals surface area contributed by atoms with Crippen LogP contribution in [0.15, 0.2) is 0 Å². The van der Waals surface area contributed by atoms with E-state index in [0.717, 1.165) is 23.6 Å². The molecule has 0 radical (unpaired) electrons. The second kappa shape index (κ2) is 5.83. The molecular weight excluding hydrogens is 272 g/mol. The molecule has 2 aliphatic rings. The molecule has 0 aliphatic heterocycles. The highest BCUT2D eigenvalue weighted by molar-refractivity contribution is 5.11. The summed E-state index contributed by atoms with van der Waals surface area (Å²) >= 11 is 0. The van der Waals surface area contributed by atoms with Gasteiger partial charge in [0.25, 0.3) is 0 Å². The van der Waals surface area contributed by atoms with Crippen LogP contribution in [0.5, 0.6) is 0 Å². The maximum atomic E-state index is 8.80. The Hall–Kier alpha value is -0.300. The number of ether oxygens (including phenoxy) is 1. The van der Waals surface area contributed by atoms with E-state index in [1.54, 1.807) is 0 Å². The Balaban J connectivity index is 0.00000200. The maximum absolute atomic E-state index is 8.80. The van der Waals surface area contributed by atoms with Crippen molar-refractivity contribution in [2.75, 3.05) is 33.8 Å². The molecule has 0 saturated heterocycles. The van der Waals surface area contributed by atoms with Crippen LogP contribution in [-0.4, -0.2) is 44.4 Å². The number of fused-ring (bicyclic) bond motifs is 2. The average molecular weight is 301 g/mol. The van der Waals surface area contributed by atoms with Crippen molar-refractivity contribution in [2.24, 2.45) is 16.7 Å². The van der Waals surface area contributed by atoms with Gasteiger partial charge >= 0.3 is 0 Å². The third kappa shape index (κ3) is 2.84. The molecule has 0 amide bonds. The number of quaternary nitrogens is 1. The standard InChI is InChI=1S/C16H29N2O.ClH/c1-15(2)13-6-7-16(15,3)14(12-13)19-11-10-18(4,5)9-8-17;/h13-14H,6-7,9-12H2,1-5H3;1H/q+1;/p-1. The van der Waals surface area contributed by atoms with Crippen LogP contribution in [0.1, 0.15) is 40.0 Å². The summed E-state index contributed by atoms with van der Waals surface area (Å²) in [6, 6.07) is 2.25. The van der Waals surface area contributed by atoms with Gasteiger partial charge in [-0.25, -0.2) is 0 Å². The van der Waals surface area contributed by atoms with Gasteiger partial charge in [-0.2, -0.15) is 5.26 Å². The van der Waals surface area contributed by atoms with Crippen molar-refractivity contribution in [3.63, 3.8) is 0 Å². The Bertz CT molecular complexity index is 388. The lowest BCUT2D eigenvalue weighted by atomic mass is 9.70. The van der Waals surface area contributed by atoms with E-state index in [-0.39, 0.29) is 12.4 Å². The molecule has 0 aromatic carbocycles. The predicted octanol–water partition coefficient (Wildman–Crippen LogP) is -0.178. The zero-order chi connectivity index (χ0) is 14.3. The molecule has 0 N–H and O–H groups in total. The van der Waals surface area contributed by atoms with Gasteiger partial charge in [0.15, 0.2) is 6.54 Å². The highest BCUT2D eigenvalue weighted by Crippen LogP contribution is 2.66. The first-order valence-corrected chi connectivity index (χ1v) is 7.53. The van der Waals surface area contributed by atoms with E-state index in [0.29, 0.717) is 23.5 Å². The summed E-state index contributed by atoms with van der Waals surface area (Å²) in [5, 5.41) is 8.80. The highest BCUT2D eigenvalue weighted by Gasteiger charge is 2.61. The van der Waals surface area contributed by atoms with Gasteiger partial charge in [0.2, 0.25) is 0 Å². The van der Waals surface area contributed by atoms with E-state index in [2.05, 4.69) is 40.9 Å². The minimum absolute atomic E-state index is 0. The molecule has 4 heteroatoms. The smallest absolute Gasteiger partial charge is 0.166 e. The Labute approximate surface area is 130 Å². The summed E-state index contributed by atoms with van der Waals surface area (Å²) in [7, 11) is 4.19. The van der Waals surface area contributed by atoms with Crippen LogP contribution in [0.3, 0.4) is 0 Å². The number of halogens is 1. The highest BCUT2D eigenvalue weighted by atomic mass is 35.5. The van der Waals surface area contributed by atoms with Crippen LogP contribution in [0.2, 0.25) is 0 Å². The molecule has 116 valence electrons. The van der Waals surface area contributed by atoms with E-state index in [4.69, 9.17) is 10.00 Å². The van der Waals surface area contributed by atoms with E-state index in [1.165, 1.54) is 19.3 Å². The fraction of sp³-hybridized carbons (Fsp3) is 0.938. The molecule has 0 aromatic heterocycles. The third-order valence-electron chi connectivity index (χ3n) is 6.23. The van der Waals surface area contributed by atoms with Crippen LogP contribution >= 0.6 is 0 Å². The summed E-state index contributed by atoms with van der Waals surface area (Å²) in [6.45, 7) is 9.51. The maximum Gasteiger partial charge on any atom is 0.166 e. The van der Waals surface area contributed by atoms with Crippen molar-refractivity contribution >= 4 is 0 Å². The monoisotopic (exact) mass is 300 g/mol. The topological polar surface area (TPSA) is 33.0 Å². The van der Waals surface area contributed by atoms with Crippen molar-refractivity contribution in [3.05, 3.63) is 0 Å². The lowest BCUT2D eigenvalue weighted by molar-refractivity contribution is -0.883. The van der Waals surface area contributed by atoms with E-state index < -0.39 is 0 Å². The van der Waals surface area contributed by atoms with Gasteiger partial charge in [-0.05, 0) is 36.0 Å². The molecule has 3 unspecified atom stereocenters. The molecule has 0 heterocycles. The van der Waals surface area contributed by atoms with Crippen LogP contribution in [0.4, 0.5) is 0 Å². The van der Waals surface area contributed by atoms with Gasteiger partial charge < -0.3 is 21.6 Å². The van der Waals surface area contributed by atoms with Crippen molar-refractivity contribution < 1.29 is 21.6 Å². The number of hydrogen-bond acceptors (Lipinski definition) is 2. The number of likely N-dealkylation sites (N-methyl/N-ethyl adjacent to an activating group) is 1. The van der Waals surface area contributed by atoms with Crippen molar-refractivity contribution in [1.82, 2.24) is 0 Å². The van der Waals surface area contributed by atoms with Crippen LogP contribution in [-0.2, 0) is 4.74 Å². The first-order chi connectivity index (χ1) is 8.73. The fourth-order valence-corrected chi connectivity index (χ4v) is 4.09. The number of nitrogens with zero attached hydrogens (tertiary/aromatic N) is 2. The summed E-state index contributed by atoms with van der Waals surface area (Å²) in [6.07, 6.45) is 4.34. The van der Waals surface area contributed by atoms with Gasteiger partial charge in [0, 0.05) is 0 Å². The number of hydrogen-bond donors (Lipinski definition) is 0. The van der Waals surface area contributed by atoms with Crippen molar-refractivity contribution in [1.29, 1.82) is 5.26 Å². The molecule has 2 bridgehead atoms. The SMILES string of the molecule is CC1(C)C2CCC1(C)C(OCC[N+](C)(C)CC#N)C2.[Cl-]. The molecule has 3 atom stereocenters. The quantitative estimate of drug-likeness (QED) is 0.521. The molecule has 3 nitrogen and oxygen atoms in total. The minimum Gasteiger partial charge on any atom is -1.00 e.